The molecule has 2 N–H and O–H groups in total. The third-order valence-corrected chi connectivity index (χ3v) is 3.70. The van der Waals surface area contributed by atoms with Crippen LogP contribution < -0.4 is 5.73 Å². The summed E-state index contributed by atoms with van der Waals surface area (Å²) in [6.07, 6.45) is 1.67. The second kappa shape index (κ2) is 7.16. The molecule has 1 aromatic carbocycles. The fraction of sp³-hybridized carbons (Fsp3) is 0.462. The smallest absolute Gasteiger partial charge is 0.191 e. The van der Waals surface area contributed by atoms with Crippen LogP contribution in [0.3, 0.4) is 0 Å². The molecule has 0 aliphatic carbocycles. The molecular formula is C13H21N3OS. The Morgan fingerprint density at radius 1 is 1.28 bits per heavy atom. The number of nitrogens with two attached hydrogens (primary N) is 1. The summed E-state index contributed by atoms with van der Waals surface area (Å²) in [6, 6.07) is 7.62. The van der Waals surface area contributed by atoms with Gasteiger partial charge in [-0.15, -0.1) is 0 Å². The zero-order chi connectivity index (χ0) is 13.5. The summed E-state index contributed by atoms with van der Waals surface area (Å²) in [4.78, 5) is 7.20. The lowest BCUT2D eigenvalue weighted by atomic mass is 10.2. The first-order chi connectivity index (χ1) is 8.58. The molecule has 0 aliphatic heterocycles. The Hall–Kier alpha value is -1.36. The minimum absolute atomic E-state index is 0.555. The van der Waals surface area contributed by atoms with Crippen LogP contribution in [0.2, 0.25) is 0 Å². The van der Waals surface area contributed by atoms with Crippen LogP contribution in [0.25, 0.3) is 0 Å². The van der Waals surface area contributed by atoms with Gasteiger partial charge >= 0.3 is 0 Å². The maximum Gasteiger partial charge on any atom is 0.191 e. The fourth-order valence-corrected chi connectivity index (χ4v) is 2.13. The topological polar surface area (TPSA) is 58.7 Å². The number of rotatable bonds is 5. The third-order valence-electron chi connectivity index (χ3n) is 2.77. The molecule has 0 fully saturated rings. The molecule has 0 spiro atoms. The Labute approximate surface area is 111 Å². The van der Waals surface area contributed by atoms with E-state index < -0.39 is 10.8 Å². The number of benzene rings is 1. The van der Waals surface area contributed by atoms with E-state index in [0.717, 1.165) is 23.5 Å². The molecule has 0 saturated heterocycles. The van der Waals surface area contributed by atoms with Crippen molar-refractivity contribution in [1.29, 1.82) is 0 Å². The normalized spacial score (nSPS) is 13.4. The van der Waals surface area contributed by atoms with E-state index in [0.29, 0.717) is 12.5 Å². The zero-order valence-corrected chi connectivity index (χ0v) is 12.0. The van der Waals surface area contributed by atoms with E-state index in [-0.39, 0.29) is 0 Å². The maximum absolute atomic E-state index is 11.2. The van der Waals surface area contributed by atoms with E-state index in [1.807, 2.05) is 29.2 Å². The highest BCUT2D eigenvalue weighted by atomic mass is 32.2. The Balaban J connectivity index is 2.68. The van der Waals surface area contributed by atoms with Crippen molar-refractivity contribution in [2.75, 3.05) is 19.3 Å². The van der Waals surface area contributed by atoms with Gasteiger partial charge in [-0.1, -0.05) is 12.1 Å². The minimum Gasteiger partial charge on any atom is -0.370 e. The maximum atomic E-state index is 11.2. The standard InChI is InChI=1S/C13H21N3OS/c1-4-16(5-2)13(14)15-10-11-6-8-12(9-7-11)18(3)17/h6-9H,4-5,10H2,1-3H3,(H2,14,15). The Morgan fingerprint density at radius 3 is 2.28 bits per heavy atom. The lowest BCUT2D eigenvalue weighted by Crippen LogP contribution is -2.37. The van der Waals surface area contributed by atoms with E-state index in [4.69, 9.17) is 5.73 Å². The quantitative estimate of drug-likeness (QED) is 0.651. The summed E-state index contributed by atoms with van der Waals surface area (Å²) < 4.78 is 11.2. The van der Waals surface area contributed by atoms with Gasteiger partial charge in [-0.25, -0.2) is 4.99 Å². The van der Waals surface area contributed by atoms with Crippen molar-refractivity contribution in [2.45, 2.75) is 25.3 Å². The van der Waals surface area contributed by atoms with Gasteiger partial charge in [0.25, 0.3) is 0 Å². The molecule has 1 aromatic rings. The molecule has 0 saturated carbocycles. The predicted octanol–water partition coefficient (Wildman–Crippen LogP) is 1.58. The van der Waals surface area contributed by atoms with Gasteiger partial charge in [0.05, 0.1) is 6.54 Å². The first kappa shape index (κ1) is 14.7. The van der Waals surface area contributed by atoms with Gasteiger partial charge in [0, 0.05) is 35.0 Å². The highest BCUT2D eigenvalue weighted by molar-refractivity contribution is 7.84. The molecule has 0 amide bonds. The summed E-state index contributed by atoms with van der Waals surface area (Å²) in [5.74, 6) is 0.572. The van der Waals surface area contributed by atoms with Crippen molar-refractivity contribution in [1.82, 2.24) is 4.90 Å². The van der Waals surface area contributed by atoms with E-state index in [9.17, 15) is 4.21 Å². The third kappa shape index (κ3) is 4.14. The minimum atomic E-state index is -0.929. The zero-order valence-electron chi connectivity index (χ0n) is 11.2. The molecule has 0 aliphatic rings. The molecular weight excluding hydrogens is 246 g/mol. The lowest BCUT2D eigenvalue weighted by Gasteiger charge is -2.19. The molecule has 5 heteroatoms. The van der Waals surface area contributed by atoms with Crippen molar-refractivity contribution in [3.8, 4) is 0 Å². The SMILES string of the molecule is CCN(CC)C(N)=NCc1ccc(S(C)=O)cc1. The van der Waals surface area contributed by atoms with Crippen LogP contribution in [-0.4, -0.2) is 34.4 Å². The Kier molecular flexibility index (Phi) is 5.85. The largest absolute Gasteiger partial charge is 0.370 e. The van der Waals surface area contributed by atoms with Crippen LogP contribution in [0.4, 0.5) is 0 Å². The molecule has 0 aromatic heterocycles. The second-order valence-electron chi connectivity index (χ2n) is 3.94. The van der Waals surface area contributed by atoms with Gasteiger partial charge < -0.3 is 10.6 Å². The monoisotopic (exact) mass is 267 g/mol. The first-order valence-corrected chi connectivity index (χ1v) is 7.61. The van der Waals surface area contributed by atoms with Crippen molar-refractivity contribution in [3.05, 3.63) is 29.8 Å². The van der Waals surface area contributed by atoms with Gasteiger partial charge in [-0.05, 0) is 31.5 Å². The summed E-state index contributed by atoms with van der Waals surface area (Å²) in [5.41, 5.74) is 6.96. The molecule has 100 valence electrons. The molecule has 1 rings (SSSR count). The summed E-state index contributed by atoms with van der Waals surface area (Å²) in [5, 5.41) is 0. The Bertz CT molecular complexity index is 424. The van der Waals surface area contributed by atoms with Gasteiger partial charge in [0.2, 0.25) is 0 Å². The lowest BCUT2D eigenvalue weighted by molar-refractivity contribution is 0.458. The van der Waals surface area contributed by atoms with Crippen LogP contribution in [0.5, 0.6) is 0 Å². The molecule has 0 radical (unpaired) electrons. The molecule has 1 atom stereocenters. The molecule has 0 bridgehead atoms. The van der Waals surface area contributed by atoms with E-state index in [1.165, 1.54) is 0 Å². The Morgan fingerprint density at radius 2 is 1.83 bits per heavy atom. The highest BCUT2D eigenvalue weighted by Crippen LogP contribution is 2.08. The number of hydrogen-bond donors (Lipinski definition) is 1. The summed E-state index contributed by atoms with van der Waals surface area (Å²) in [7, 11) is -0.929. The second-order valence-corrected chi connectivity index (χ2v) is 5.32. The number of aliphatic imine (C=N–C) groups is 1. The average Bonchev–Trinajstić information content (AvgIpc) is 2.38. The number of hydrogen-bond acceptors (Lipinski definition) is 2. The van der Waals surface area contributed by atoms with Crippen LogP contribution in [0.1, 0.15) is 19.4 Å². The summed E-state index contributed by atoms with van der Waals surface area (Å²) in [6.45, 7) is 6.38. The van der Waals surface area contributed by atoms with Crippen molar-refractivity contribution < 1.29 is 4.21 Å². The van der Waals surface area contributed by atoms with Crippen molar-refractivity contribution >= 4 is 16.8 Å². The molecule has 1 unspecified atom stereocenters. The van der Waals surface area contributed by atoms with E-state index >= 15 is 0 Å². The fourth-order valence-electron chi connectivity index (χ4n) is 1.61. The van der Waals surface area contributed by atoms with Gasteiger partial charge in [-0.3, -0.25) is 4.21 Å². The van der Waals surface area contributed by atoms with E-state index in [2.05, 4.69) is 18.8 Å². The highest BCUT2D eigenvalue weighted by Gasteiger charge is 2.02. The number of guanidine groups is 1. The van der Waals surface area contributed by atoms with Gasteiger partial charge in [0.15, 0.2) is 5.96 Å². The van der Waals surface area contributed by atoms with Crippen molar-refractivity contribution in [2.24, 2.45) is 10.7 Å². The molecule has 4 nitrogen and oxygen atoms in total. The van der Waals surface area contributed by atoms with Crippen LogP contribution in [-0.2, 0) is 17.3 Å². The first-order valence-electron chi connectivity index (χ1n) is 6.05. The average molecular weight is 267 g/mol. The van der Waals surface area contributed by atoms with Gasteiger partial charge in [-0.2, -0.15) is 0 Å². The number of nitrogens with zero attached hydrogens (tertiary/aromatic N) is 2. The van der Waals surface area contributed by atoms with Crippen molar-refractivity contribution in [3.63, 3.8) is 0 Å². The van der Waals surface area contributed by atoms with Crippen LogP contribution in [0, 0.1) is 0 Å². The molecule has 18 heavy (non-hydrogen) atoms. The summed E-state index contributed by atoms with van der Waals surface area (Å²) >= 11 is 0. The van der Waals surface area contributed by atoms with Crippen LogP contribution in [0.15, 0.2) is 34.2 Å². The van der Waals surface area contributed by atoms with E-state index in [1.54, 1.807) is 6.26 Å². The molecule has 0 heterocycles. The predicted molar refractivity (Wildman–Crippen MR) is 77.0 cm³/mol. The van der Waals surface area contributed by atoms with Gasteiger partial charge in [0.1, 0.15) is 0 Å². The van der Waals surface area contributed by atoms with Crippen LogP contribution >= 0.6 is 0 Å².